The van der Waals surface area contributed by atoms with Gasteiger partial charge in [0.2, 0.25) is 0 Å². The van der Waals surface area contributed by atoms with Crippen molar-refractivity contribution in [3.05, 3.63) is 96.6 Å². The molecule has 1 amide bonds. The maximum atomic E-state index is 13.4. The van der Waals surface area contributed by atoms with Gasteiger partial charge in [-0.15, -0.1) is 0 Å². The van der Waals surface area contributed by atoms with Crippen LogP contribution in [0.25, 0.3) is 11.1 Å². The Morgan fingerprint density at radius 1 is 0.946 bits per heavy atom. The van der Waals surface area contributed by atoms with Crippen LogP contribution in [-0.2, 0) is 6.54 Å². The second-order valence-corrected chi connectivity index (χ2v) is 9.02. The summed E-state index contributed by atoms with van der Waals surface area (Å²) in [6.07, 6.45) is 11.6. The molecule has 1 aliphatic carbocycles. The summed E-state index contributed by atoms with van der Waals surface area (Å²) >= 11 is 0. The SMILES string of the molecule is COc1ccc(Nc2c(C(=O)NCc3cccnc3)cccc2-c2ccncc2)cc1OC1CCCC1. The van der Waals surface area contributed by atoms with E-state index in [-0.39, 0.29) is 12.0 Å². The van der Waals surface area contributed by atoms with Crippen LogP contribution in [0.15, 0.2) is 85.5 Å². The number of ether oxygens (including phenoxy) is 2. The number of para-hydroxylation sites is 1. The minimum atomic E-state index is -0.182. The molecule has 2 heterocycles. The second kappa shape index (κ2) is 11.6. The highest BCUT2D eigenvalue weighted by atomic mass is 16.5. The lowest BCUT2D eigenvalue weighted by molar-refractivity contribution is 0.0951. The number of amides is 1. The molecule has 5 rings (SSSR count). The number of nitrogens with one attached hydrogen (secondary N) is 2. The van der Waals surface area contributed by atoms with Crippen LogP contribution in [0.4, 0.5) is 11.4 Å². The summed E-state index contributed by atoms with van der Waals surface area (Å²) < 4.78 is 11.9. The number of carbonyl (C=O) groups excluding carboxylic acids is 1. The molecule has 2 aromatic heterocycles. The molecule has 0 unspecified atom stereocenters. The molecule has 1 aliphatic rings. The van der Waals surface area contributed by atoms with Crippen LogP contribution < -0.4 is 20.1 Å². The zero-order valence-electron chi connectivity index (χ0n) is 20.8. The van der Waals surface area contributed by atoms with Crippen LogP contribution in [0.5, 0.6) is 11.5 Å². The highest BCUT2D eigenvalue weighted by Gasteiger charge is 2.20. The number of carbonyl (C=O) groups is 1. The summed E-state index contributed by atoms with van der Waals surface area (Å²) in [7, 11) is 1.65. The molecular formula is C30H30N4O3. The predicted octanol–water partition coefficient (Wildman–Crippen LogP) is 6.15. The van der Waals surface area contributed by atoms with Gasteiger partial charge in [0.1, 0.15) is 0 Å². The molecule has 1 fully saturated rings. The fraction of sp³-hybridized carbons (Fsp3) is 0.233. The molecule has 0 bridgehead atoms. The standard InChI is InChI=1S/C30H30N4O3/c1-36-27-12-11-23(18-28(27)37-24-7-2-3-8-24)34-29-25(22-13-16-31-17-14-22)9-4-10-26(29)30(35)33-20-21-6-5-15-32-19-21/h4-6,9-19,24,34H,2-3,7-8,20H2,1H3,(H,33,35). The van der Waals surface area contributed by atoms with Crippen LogP contribution in [-0.4, -0.2) is 29.1 Å². The van der Waals surface area contributed by atoms with Gasteiger partial charge in [-0.3, -0.25) is 14.8 Å². The van der Waals surface area contributed by atoms with E-state index in [4.69, 9.17) is 9.47 Å². The van der Waals surface area contributed by atoms with Gasteiger partial charge < -0.3 is 20.1 Å². The van der Waals surface area contributed by atoms with Crippen LogP contribution in [0.3, 0.4) is 0 Å². The van der Waals surface area contributed by atoms with E-state index in [1.807, 2.05) is 60.7 Å². The summed E-state index contributed by atoms with van der Waals surface area (Å²) in [5.41, 5.74) is 4.82. The van der Waals surface area contributed by atoms with Crippen LogP contribution >= 0.6 is 0 Å². The van der Waals surface area contributed by atoms with E-state index in [1.165, 1.54) is 12.8 Å². The number of hydrogen-bond acceptors (Lipinski definition) is 6. The number of anilines is 2. The van der Waals surface area contributed by atoms with Crippen molar-refractivity contribution in [2.75, 3.05) is 12.4 Å². The van der Waals surface area contributed by atoms with E-state index >= 15 is 0 Å². The topological polar surface area (TPSA) is 85.4 Å². The van der Waals surface area contributed by atoms with Crippen molar-refractivity contribution < 1.29 is 14.3 Å². The van der Waals surface area contributed by atoms with Crippen LogP contribution in [0.2, 0.25) is 0 Å². The van der Waals surface area contributed by atoms with Gasteiger partial charge in [-0.2, -0.15) is 0 Å². The molecule has 188 valence electrons. The largest absolute Gasteiger partial charge is 0.493 e. The predicted molar refractivity (Wildman–Crippen MR) is 144 cm³/mol. The number of methoxy groups -OCH3 is 1. The van der Waals surface area contributed by atoms with E-state index in [1.54, 1.807) is 31.9 Å². The third-order valence-corrected chi connectivity index (χ3v) is 6.51. The van der Waals surface area contributed by atoms with Gasteiger partial charge in [-0.05, 0) is 73.2 Å². The van der Waals surface area contributed by atoms with Crippen LogP contribution in [0, 0.1) is 0 Å². The first kappa shape index (κ1) is 24.3. The van der Waals surface area contributed by atoms with Crippen molar-refractivity contribution in [2.24, 2.45) is 0 Å². The van der Waals surface area contributed by atoms with Gasteiger partial charge in [0, 0.05) is 48.6 Å². The van der Waals surface area contributed by atoms with Crippen molar-refractivity contribution in [3.8, 4) is 22.6 Å². The molecule has 7 heteroatoms. The monoisotopic (exact) mass is 494 g/mol. The van der Waals surface area contributed by atoms with Crippen molar-refractivity contribution in [3.63, 3.8) is 0 Å². The van der Waals surface area contributed by atoms with Gasteiger partial charge >= 0.3 is 0 Å². The lowest BCUT2D eigenvalue weighted by Gasteiger charge is -2.20. The Labute approximate surface area is 216 Å². The number of aromatic nitrogens is 2. The smallest absolute Gasteiger partial charge is 0.253 e. The van der Waals surface area contributed by atoms with Crippen molar-refractivity contribution in [1.29, 1.82) is 0 Å². The van der Waals surface area contributed by atoms with Crippen molar-refractivity contribution in [1.82, 2.24) is 15.3 Å². The summed E-state index contributed by atoms with van der Waals surface area (Å²) in [6, 6.07) is 19.1. The first-order valence-electron chi connectivity index (χ1n) is 12.5. The average Bonchev–Trinajstić information content (AvgIpc) is 3.46. The molecule has 37 heavy (non-hydrogen) atoms. The van der Waals surface area contributed by atoms with Crippen molar-refractivity contribution >= 4 is 17.3 Å². The Kier molecular flexibility index (Phi) is 7.60. The van der Waals surface area contributed by atoms with Crippen molar-refractivity contribution in [2.45, 2.75) is 38.3 Å². The Morgan fingerprint density at radius 3 is 2.54 bits per heavy atom. The maximum Gasteiger partial charge on any atom is 0.253 e. The second-order valence-electron chi connectivity index (χ2n) is 9.02. The first-order chi connectivity index (χ1) is 18.2. The average molecular weight is 495 g/mol. The number of nitrogens with zero attached hydrogens (tertiary/aromatic N) is 2. The lowest BCUT2D eigenvalue weighted by atomic mass is 9.99. The van der Waals surface area contributed by atoms with Gasteiger partial charge in [-0.1, -0.05) is 18.2 Å². The van der Waals surface area contributed by atoms with Gasteiger partial charge in [0.25, 0.3) is 5.91 Å². The van der Waals surface area contributed by atoms with Gasteiger partial charge in [0.05, 0.1) is 24.5 Å². The Balaban J connectivity index is 1.48. The normalized spacial score (nSPS) is 13.2. The highest BCUT2D eigenvalue weighted by Crippen LogP contribution is 2.38. The lowest BCUT2D eigenvalue weighted by Crippen LogP contribution is -2.24. The van der Waals surface area contributed by atoms with E-state index in [0.717, 1.165) is 35.2 Å². The molecule has 2 aromatic carbocycles. The molecule has 0 radical (unpaired) electrons. The Morgan fingerprint density at radius 2 is 1.78 bits per heavy atom. The Bertz CT molecular complexity index is 1340. The minimum absolute atomic E-state index is 0.182. The van der Waals surface area contributed by atoms with E-state index in [0.29, 0.717) is 29.3 Å². The number of pyridine rings is 2. The number of hydrogen-bond donors (Lipinski definition) is 2. The van der Waals surface area contributed by atoms with E-state index < -0.39 is 0 Å². The van der Waals surface area contributed by atoms with E-state index in [9.17, 15) is 4.79 Å². The molecule has 4 aromatic rings. The fourth-order valence-electron chi connectivity index (χ4n) is 4.61. The molecule has 0 spiro atoms. The molecule has 7 nitrogen and oxygen atoms in total. The summed E-state index contributed by atoms with van der Waals surface area (Å²) in [4.78, 5) is 21.7. The zero-order chi connectivity index (χ0) is 25.5. The molecule has 0 atom stereocenters. The number of rotatable bonds is 9. The third-order valence-electron chi connectivity index (χ3n) is 6.51. The summed E-state index contributed by atoms with van der Waals surface area (Å²) in [6.45, 7) is 0.382. The molecule has 1 saturated carbocycles. The fourth-order valence-corrected chi connectivity index (χ4v) is 4.61. The minimum Gasteiger partial charge on any atom is -0.493 e. The molecule has 0 aliphatic heterocycles. The third kappa shape index (κ3) is 5.89. The molecular weight excluding hydrogens is 464 g/mol. The van der Waals surface area contributed by atoms with Gasteiger partial charge in [0.15, 0.2) is 11.5 Å². The number of benzene rings is 2. The van der Waals surface area contributed by atoms with Crippen LogP contribution in [0.1, 0.15) is 41.6 Å². The Hall–Kier alpha value is -4.39. The highest BCUT2D eigenvalue weighted by molar-refractivity contribution is 6.04. The van der Waals surface area contributed by atoms with Gasteiger partial charge in [-0.25, -0.2) is 0 Å². The zero-order valence-corrected chi connectivity index (χ0v) is 20.8. The molecule has 0 saturated heterocycles. The quantitative estimate of drug-likeness (QED) is 0.290. The van der Waals surface area contributed by atoms with E-state index in [2.05, 4.69) is 20.6 Å². The first-order valence-corrected chi connectivity index (χ1v) is 12.5. The maximum absolute atomic E-state index is 13.4. The summed E-state index contributed by atoms with van der Waals surface area (Å²) in [5.74, 6) is 1.20. The molecule has 2 N–H and O–H groups in total. The summed E-state index contributed by atoms with van der Waals surface area (Å²) in [5, 5.41) is 6.53.